The summed E-state index contributed by atoms with van der Waals surface area (Å²) in [5.74, 6) is 0.493. The quantitative estimate of drug-likeness (QED) is 0.673. The number of hydrogen-bond donors (Lipinski definition) is 0. The van der Waals surface area contributed by atoms with Crippen LogP contribution < -0.4 is 0 Å². The molecule has 1 amide bonds. The minimum Gasteiger partial charge on any atom is -0.378 e. The number of carbonyl (C=O) groups excluding carboxylic acids is 1. The van der Waals surface area contributed by atoms with Crippen LogP contribution in [0.15, 0.2) is 0 Å². The van der Waals surface area contributed by atoms with Gasteiger partial charge < -0.3 is 9.64 Å². The van der Waals surface area contributed by atoms with E-state index in [1.165, 1.54) is 0 Å². The summed E-state index contributed by atoms with van der Waals surface area (Å²) < 4.78 is 15.7. The topological polar surface area (TPSA) is 46.6 Å². The third-order valence-corrected chi connectivity index (χ3v) is 3.13. The predicted octanol–water partition coefficient (Wildman–Crippen LogP) is 0.528. The van der Waals surface area contributed by atoms with E-state index in [-0.39, 0.29) is 5.91 Å². The van der Waals surface area contributed by atoms with E-state index in [9.17, 15) is 9.00 Å². The molecule has 82 valence electrons. The zero-order chi connectivity index (χ0) is 10.4. The summed E-state index contributed by atoms with van der Waals surface area (Å²) in [6.45, 7) is 2.58. The molecule has 0 saturated carbocycles. The summed E-state index contributed by atoms with van der Waals surface area (Å²) >= 11 is 0. The fraction of sp³-hybridized carbons (Fsp3) is 0.875. The van der Waals surface area contributed by atoms with E-state index >= 15 is 0 Å². The largest absolute Gasteiger partial charge is 0.378 e. The molecule has 14 heavy (non-hydrogen) atoms. The van der Waals surface area contributed by atoms with E-state index in [1.807, 2.05) is 0 Å². The van der Waals surface area contributed by atoms with Gasteiger partial charge in [-0.05, 0) is 17.1 Å². The molecule has 0 aromatic heterocycles. The lowest BCUT2D eigenvalue weighted by Gasteiger charge is -2.26. The molecule has 0 aliphatic carbocycles. The SMILES string of the molecule is O=C(CCCS(=O)Cl)N1CCOCC1. The second-order valence-corrected chi connectivity index (χ2v) is 5.11. The van der Waals surface area contributed by atoms with Crippen molar-refractivity contribution in [3.63, 3.8) is 0 Å². The van der Waals surface area contributed by atoms with Crippen LogP contribution in [-0.2, 0) is 19.5 Å². The highest BCUT2D eigenvalue weighted by Crippen LogP contribution is 2.03. The number of morpholine rings is 1. The second-order valence-electron chi connectivity index (χ2n) is 3.09. The van der Waals surface area contributed by atoms with Crippen LogP contribution in [0.4, 0.5) is 0 Å². The van der Waals surface area contributed by atoms with Crippen molar-refractivity contribution in [2.75, 3.05) is 32.1 Å². The highest BCUT2D eigenvalue weighted by Gasteiger charge is 2.16. The first-order valence-electron chi connectivity index (χ1n) is 4.60. The van der Waals surface area contributed by atoms with Crippen LogP contribution in [-0.4, -0.2) is 47.1 Å². The van der Waals surface area contributed by atoms with Crippen molar-refractivity contribution in [3.05, 3.63) is 0 Å². The monoisotopic (exact) mass is 239 g/mol. The third-order valence-electron chi connectivity index (χ3n) is 2.06. The zero-order valence-electron chi connectivity index (χ0n) is 7.91. The number of ether oxygens (including phenoxy) is 1. The maximum absolute atomic E-state index is 11.5. The molecule has 0 N–H and O–H groups in total. The molecule has 1 aliphatic rings. The second kappa shape index (κ2) is 6.37. The Morgan fingerprint density at radius 1 is 1.43 bits per heavy atom. The summed E-state index contributed by atoms with van der Waals surface area (Å²) in [5.41, 5.74) is 0. The Hall–Kier alpha value is -0.130. The van der Waals surface area contributed by atoms with Crippen LogP contribution in [0.1, 0.15) is 12.8 Å². The van der Waals surface area contributed by atoms with Crippen molar-refractivity contribution in [1.82, 2.24) is 4.90 Å². The molecule has 0 aromatic carbocycles. The molecule has 1 unspecified atom stereocenters. The Morgan fingerprint density at radius 3 is 2.64 bits per heavy atom. The first-order valence-corrected chi connectivity index (χ1v) is 6.75. The fourth-order valence-electron chi connectivity index (χ4n) is 1.31. The zero-order valence-corrected chi connectivity index (χ0v) is 9.48. The van der Waals surface area contributed by atoms with Gasteiger partial charge in [0.05, 0.1) is 13.2 Å². The van der Waals surface area contributed by atoms with Gasteiger partial charge in [0.25, 0.3) is 0 Å². The Bertz CT molecular complexity index is 219. The van der Waals surface area contributed by atoms with E-state index in [2.05, 4.69) is 0 Å². The maximum Gasteiger partial charge on any atom is 0.222 e. The number of amides is 1. The Morgan fingerprint density at radius 2 is 2.07 bits per heavy atom. The smallest absolute Gasteiger partial charge is 0.222 e. The van der Waals surface area contributed by atoms with Crippen LogP contribution in [0.5, 0.6) is 0 Å². The average Bonchev–Trinajstić information content (AvgIpc) is 2.18. The van der Waals surface area contributed by atoms with Gasteiger partial charge in [-0.15, -0.1) is 0 Å². The van der Waals surface area contributed by atoms with Gasteiger partial charge in [-0.3, -0.25) is 4.79 Å². The summed E-state index contributed by atoms with van der Waals surface area (Å²) in [5, 5.41) is 0. The molecule has 1 rings (SSSR count). The molecule has 1 aliphatic heterocycles. The molecule has 6 heteroatoms. The van der Waals surface area contributed by atoms with E-state index in [0.29, 0.717) is 44.9 Å². The van der Waals surface area contributed by atoms with Crippen molar-refractivity contribution in [2.24, 2.45) is 0 Å². The standard InChI is InChI=1S/C8H14ClNO3S/c9-14(12)7-1-2-8(11)10-3-5-13-6-4-10/h1-7H2. The molecule has 0 bridgehead atoms. The lowest BCUT2D eigenvalue weighted by Crippen LogP contribution is -2.40. The molecule has 0 aromatic rings. The van der Waals surface area contributed by atoms with Gasteiger partial charge in [0.15, 0.2) is 0 Å². The number of nitrogens with zero attached hydrogens (tertiary/aromatic N) is 1. The lowest BCUT2D eigenvalue weighted by molar-refractivity contribution is -0.135. The van der Waals surface area contributed by atoms with Crippen molar-refractivity contribution in [3.8, 4) is 0 Å². The number of rotatable bonds is 4. The van der Waals surface area contributed by atoms with Gasteiger partial charge >= 0.3 is 0 Å². The summed E-state index contributed by atoms with van der Waals surface area (Å²) in [4.78, 5) is 13.3. The van der Waals surface area contributed by atoms with E-state index in [0.717, 1.165) is 0 Å². The van der Waals surface area contributed by atoms with Gasteiger partial charge in [0.1, 0.15) is 10.0 Å². The highest BCUT2D eigenvalue weighted by molar-refractivity contribution is 8.08. The highest BCUT2D eigenvalue weighted by atomic mass is 35.7. The van der Waals surface area contributed by atoms with Crippen molar-refractivity contribution in [1.29, 1.82) is 0 Å². The van der Waals surface area contributed by atoms with Crippen LogP contribution >= 0.6 is 10.7 Å². The first-order chi connectivity index (χ1) is 6.70. The Labute approximate surface area is 90.5 Å². The molecule has 0 spiro atoms. The minimum absolute atomic E-state index is 0.107. The predicted molar refractivity (Wildman–Crippen MR) is 55.5 cm³/mol. The minimum atomic E-state index is -1.31. The third kappa shape index (κ3) is 4.39. The molecular weight excluding hydrogens is 226 g/mol. The van der Waals surface area contributed by atoms with E-state index < -0.39 is 10.0 Å². The van der Waals surface area contributed by atoms with Crippen molar-refractivity contribution < 1.29 is 13.7 Å². The Kier molecular flexibility index (Phi) is 5.44. The Balaban J connectivity index is 2.16. The molecule has 1 atom stereocenters. The van der Waals surface area contributed by atoms with Gasteiger partial charge in [0, 0.05) is 25.3 Å². The number of carbonyl (C=O) groups is 1. The first kappa shape index (κ1) is 11.9. The van der Waals surface area contributed by atoms with Crippen molar-refractivity contribution in [2.45, 2.75) is 12.8 Å². The molecule has 1 heterocycles. The lowest BCUT2D eigenvalue weighted by atomic mass is 10.3. The summed E-state index contributed by atoms with van der Waals surface area (Å²) in [6, 6.07) is 0. The van der Waals surface area contributed by atoms with Crippen LogP contribution in [0.3, 0.4) is 0 Å². The van der Waals surface area contributed by atoms with Gasteiger partial charge in [-0.25, -0.2) is 4.21 Å². The van der Waals surface area contributed by atoms with Crippen molar-refractivity contribution >= 4 is 26.6 Å². The van der Waals surface area contributed by atoms with E-state index in [4.69, 9.17) is 15.4 Å². The average molecular weight is 240 g/mol. The molecule has 4 nitrogen and oxygen atoms in total. The van der Waals surface area contributed by atoms with Gasteiger partial charge in [0.2, 0.25) is 5.91 Å². The normalized spacial score (nSPS) is 19.4. The van der Waals surface area contributed by atoms with Gasteiger partial charge in [-0.2, -0.15) is 0 Å². The van der Waals surface area contributed by atoms with Crippen LogP contribution in [0.25, 0.3) is 0 Å². The summed E-state index contributed by atoms with van der Waals surface area (Å²) in [7, 11) is 3.96. The van der Waals surface area contributed by atoms with E-state index in [1.54, 1.807) is 4.90 Å². The maximum atomic E-state index is 11.5. The number of hydrogen-bond acceptors (Lipinski definition) is 3. The van der Waals surface area contributed by atoms with Crippen LogP contribution in [0.2, 0.25) is 0 Å². The molecule has 1 fully saturated rings. The molecular formula is C8H14ClNO3S. The molecule has 0 radical (unpaired) electrons. The summed E-state index contributed by atoms with van der Waals surface area (Å²) in [6.07, 6.45) is 1.02. The van der Waals surface area contributed by atoms with Crippen LogP contribution in [0, 0.1) is 0 Å². The molecule has 1 saturated heterocycles. The van der Waals surface area contributed by atoms with Gasteiger partial charge in [-0.1, -0.05) is 0 Å². The number of halogens is 1. The fourth-order valence-corrected chi connectivity index (χ4v) is 2.01.